The lowest BCUT2D eigenvalue weighted by molar-refractivity contribution is 0.458. The van der Waals surface area contributed by atoms with Gasteiger partial charge in [-0.05, 0) is 84.4 Å². The first kappa shape index (κ1) is 24.2. The summed E-state index contributed by atoms with van der Waals surface area (Å²) in [7, 11) is -1.57. The molecule has 0 aliphatic carbocycles. The molecule has 0 aliphatic rings. The van der Waals surface area contributed by atoms with Crippen LogP contribution in [0.5, 0.6) is 0 Å². The maximum absolute atomic E-state index is 14.7. The van der Waals surface area contributed by atoms with E-state index in [1.165, 1.54) is 6.07 Å². The normalized spacial score (nSPS) is 13.9. The molecule has 33 heavy (non-hydrogen) atoms. The molecule has 0 bridgehead atoms. The first-order valence-corrected chi connectivity index (χ1v) is 13.1. The van der Waals surface area contributed by atoms with Crippen molar-refractivity contribution in [3.05, 3.63) is 80.7 Å². The van der Waals surface area contributed by atoms with Crippen LogP contribution in [0.1, 0.15) is 37.4 Å². The lowest BCUT2D eigenvalue weighted by Crippen LogP contribution is -2.34. The van der Waals surface area contributed by atoms with Gasteiger partial charge in [-0.2, -0.15) is 0 Å². The van der Waals surface area contributed by atoms with Crippen LogP contribution in [-0.2, 0) is 17.4 Å². The lowest BCUT2D eigenvalue weighted by Gasteiger charge is -2.29. The van der Waals surface area contributed by atoms with Crippen molar-refractivity contribution >= 4 is 53.8 Å². The summed E-state index contributed by atoms with van der Waals surface area (Å²) in [6.07, 6.45) is 0.770. The maximum atomic E-state index is 14.7. The summed E-state index contributed by atoms with van der Waals surface area (Å²) in [4.78, 5) is 4.36. The van der Waals surface area contributed by atoms with E-state index in [2.05, 4.69) is 42.0 Å². The van der Waals surface area contributed by atoms with Gasteiger partial charge in [-0.15, -0.1) is 0 Å². The number of hydrogen-bond acceptors (Lipinski definition) is 4. The van der Waals surface area contributed by atoms with Crippen LogP contribution in [0.3, 0.4) is 0 Å². The van der Waals surface area contributed by atoms with Crippen molar-refractivity contribution in [2.24, 2.45) is 5.14 Å². The Morgan fingerprint density at radius 2 is 1.91 bits per heavy atom. The summed E-state index contributed by atoms with van der Waals surface area (Å²) in [6.45, 7) is 3.71. The van der Waals surface area contributed by atoms with Gasteiger partial charge in [0.2, 0.25) is 0 Å². The van der Waals surface area contributed by atoms with Crippen molar-refractivity contribution in [2.75, 3.05) is 0 Å². The molecule has 0 aliphatic heterocycles. The van der Waals surface area contributed by atoms with Gasteiger partial charge >= 0.3 is 0 Å². The number of hydrogen-bond donors (Lipinski definition) is 1. The van der Waals surface area contributed by atoms with Gasteiger partial charge in [-0.1, -0.05) is 45.4 Å². The van der Waals surface area contributed by atoms with Crippen LogP contribution < -0.4 is 5.14 Å². The number of fused-ring (bicyclic) bond motifs is 1. The lowest BCUT2D eigenvalue weighted by atomic mass is 9.83. The predicted molar refractivity (Wildman–Crippen MR) is 137 cm³/mol. The molecule has 0 radical (unpaired) electrons. The zero-order valence-electron chi connectivity index (χ0n) is 18.0. The van der Waals surface area contributed by atoms with Crippen LogP contribution in [0, 0.1) is 5.82 Å². The van der Waals surface area contributed by atoms with E-state index in [9.17, 15) is 8.60 Å². The van der Waals surface area contributed by atoms with Crippen LogP contribution in [0.4, 0.5) is 4.39 Å². The third-order valence-electron chi connectivity index (χ3n) is 5.70. The molecule has 2 N–H and O–H groups in total. The van der Waals surface area contributed by atoms with E-state index in [0.29, 0.717) is 34.4 Å². The van der Waals surface area contributed by atoms with Crippen LogP contribution in [-0.4, -0.2) is 19.1 Å². The highest BCUT2D eigenvalue weighted by atomic mass is 79.9. The van der Waals surface area contributed by atoms with Crippen molar-refractivity contribution in [3.63, 3.8) is 0 Å². The average Bonchev–Trinajstić information content (AvgIpc) is 3.18. The quantitative estimate of drug-likeness (QED) is 0.242. The monoisotopic (exact) mass is 593 g/mol. The Balaban J connectivity index is 1.85. The number of benzene rings is 2. The van der Waals surface area contributed by atoms with Crippen molar-refractivity contribution in [1.29, 1.82) is 0 Å². The standard InChI is InChI=1S/C24H22Br2FN3O2S/c1-24(2,33(28)31)13-14(11-20-19(27)9-10-22(26)29-20)16-5-3-4-6-17(16)23-18-8-7-15(25)12-21(18)32-30-23/h3-10,12,14H,11,13,28H2,1-2H3/t14-,33?/m0/s1. The molecule has 2 aromatic carbocycles. The Hall–Kier alpha value is -1.94. The van der Waals surface area contributed by atoms with Gasteiger partial charge in [0.1, 0.15) is 16.1 Å². The predicted octanol–water partition coefficient (Wildman–Crippen LogP) is 6.67. The maximum Gasteiger partial charge on any atom is 0.168 e. The van der Waals surface area contributed by atoms with E-state index < -0.39 is 15.7 Å². The Morgan fingerprint density at radius 3 is 2.67 bits per heavy atom. The molecule has 2 heterocycles. The van der Waals surface area contributed by atoms with E-state index in [1.54, 1.807) is 6.07 Å². The number of aromatic nitrogens is 2. The highest BCUT2D eigenvalue weighted by molar-refractivity contribution is 9.10. The van der Waals surface area contributed by atoms with Gasteiger partial charge in [-0.3, -0.25) is 5.14 Å². The van der Waals surface area contributed by atoms with E-state index in [4.69, 9.17) is 9.66 Å². The zero-order valence-corrected chi connectivity index (χ0v) is 22.0. The van der Waals surface area contributed by atoms with Crippen molar-refractivity contribution in [3.8, 4) is 11.3 Å². The molecular weight excluding hydrogens is 573 g/mol. The number of nitrogens with two attached hydrogens (primary N) is 1. The van der Waals surface area contributed by atoms with Gasteiger partial charge in [0.25, 0.3) is 0 Å². The summed E-state index contributed by atoms with van der Waals surface area (Å²) in [6, 6.07) is 16.5. The molecule has 2 aromatic heterocycles. The second-order valence-electron chi connectivity index (χ2n) is 8.48. The summed E-state index contributed by atoms with van der Waals surface area (Å²) in [5.41, 5.74) is 3.51. The highest BCUT2D eigenvalue weighted by Gasteiger charge is 2.31. The van der Waals surface area contributed by atoms with E-state index >= 15 is 0 Å². The third kappa shape index (κ3) is 5.26. The molecule has 172 valence electrons. The Bertz CT molecular complexity index is 1340. The first-order valence-electron chi connectivity index (χ1n) is 10.3. The molecule has 0 fully saturated rings. The van der Waals surface area contributed by atoms with Crippen molar-refractivity contribution in [2.45, 2.75) is 37.4 Å². The first-order chi connectivity index (χ1) is 15.7. The number of rotatable bonds is 7. The molecule has 4 aromatic rings. The van der Waals surface area contributed by atoms with Crippen molar-refractivity contribution < 1.29 is 13.1 Å². The fourth-order valence-corrected chi connectivity index (χ4v) is 5.03. The van der Waals surface area contributed by atoms with Gasteiger partial charge in [-0.25, -0.2) is 13.6 Å². The molecule has 0 saturated heterocycles. The molecule has 0 saturated carbocycles. The molecule has 2 atom stereocenters. The number of pyridine rings is 1. The molecule has 1 unspecified atom stereocenters. The fourth-order valence-electron chi connectivity index (χ4n) is 3.98. The minimum atomic E-state index is -1.57. The second-order valence-corrected chi connectivity index (χ2v) is 11.9. The topological polar surface area (TPSA) is 82.0 Å². The smallest absolute Gasteiger partial charge is 0.168 e. The van der Waals surface area contributed by atoms with Crippen LogP contribution in [0.25, 0.3) is 22.2 Å². The SMILES string of the molecule is CC(C)(C[C@H](Cc1nc(Br)ccc1F)c1ccccc1-c1noc2cc(Br)ccc12)S(N)=O. The van der Waals surface area contributed by atoms with Gasteiger partial charge in [0, 0.05) is 15.4 Å². The molecule has 0 amide bonds. The largest absolute Gasteiger partial charge is 0.356 e. The van der Waals surface area contributed by atoms with E-state index in [0.717, 1.165) is 21.0 Å². The van der Waals surface area contributed by atoms with Crippen LogP contribution in [0.2, 0.25) is 0 Å². The van der Waals surface area contributed by atoms with E-state index in [-0.39, 0.29) is 11.7 Å². The Morgan fingerprint density at radius 1 is 1.15 bits per heavy atom. The highest BCUT2D eigenvalue weighted by Crippen LogP contribution is 2.39. The molecular formula is C24H22Br2FN3O2S. The second kappa shape index (κ2) is 9.74. The summed E-state index contributed by atoms with van der Waals surface area (Å²) >= 11 is 6.79. The Labute approximate surface area is 210 Å². The average molecular weight is 595 g/mol. The number of halogens is 3. The summed E-state index contributed by atoms with van der Waals surface area (Å²) in [5.74, 6) is -0.605. The van der Waals surface area contributed by atoms with Crippen molar-refractivity contribution in [1.82, 2.24) is 10.1 Å². The van der Waals surface area contributed by atoms with Crippen LogP contribution >= 0.6 is 31.9 Å². The number of nitrogens with zero attached hydrogens (tertiary/aromatic N) is 2. The van der Waals surface area contributed by atoms with Gasteiger partial charge in [0.05, 0.1) is 21.4 Å². The minimum Gasteiger partial charge on any atom is -0.356 e. The summed E-state index contributed by atoms with van der Waals surface area (Å²) in [5, 5.41) is 11.0. The molecule has 0 spiro atoms. The molecule has 9 heteroatoms. The Kier molecular flexibility index (Phi) is 7.14. The molecule has 5 nitrogen and oxygen atoms in total. The minimum absolute atomic E-state index is 0.220. The van der Waals surface area contributed by atoms with Gasteiger partial charge < -0.3 is 4.52 Å². The zero-order chi connectivity index (χ0) is 23.8. The fraction of sp³-hybridized carbons (Fsp3) is 0.250. The molecule has 4 rings (SSSR count). The van der Waals surface area contributed by atoms with Gasteiger partial charge in [0.15, 0.2) is 5.58 Å². The third-order valence-corrected chi connectivity index (χ3v) is 7.89. The van der Waals surface area contributed by atoms with E-state index in [1.807, 2.05) is 56.3 Å². The van der Waals surface area contributed by atoms with Crippen LogP contribution in [0.15, 0.2) is 68.2 Å². The summed E-state index contributed by atoms with van der Waals surface area (Å²) < 4.78 is 33.3.